The lowest BCUT2D eigenvalue weighted by atomic mass is 10.0. The Kier molecular flexibility index (Phi) is 3.64. The molecule has 0 aromatic heterocycles. The van der Waals surface area contributed by atoms with Gasteiger partial charge in [-0.25, -0.2) is 0 Å². The van der Waals surface area contributed by atoms with E-state index in [9.17, 15) is 14.4 Å². The van der Waals surface area contributed by atoms with Gasteiger partial charge in [-0.2, -0.15) is 0 Å². The smallest absolute Gasteiger partial charge is 0.252 e. The van der Waals surface area contributed by atoms with Gasteiger partial charge in [0.25, 0.3) is 5.91 Å². The summed E-state index contributed by atoms with van der Waals surface area (Å²) < 4.78 is 0. The number of nitrogens with one attached hydrogen (secondary N) is 1. The third kappa shape index (κ3) is 2.38. The van der Waals surface area contributed by atoms with E-state index in [0.717, 1.165) is 4.90 Å². The summed E-state index contributed by atoms with van der Waals surface area (Å²) in [7, 11) is 1.41. The molecule has 0 saturated carbocycles. The van der Waals surface area contributed by atoms with Gasteiger partial charge in [0.15, 0.2) is 0 Å². The number of hydrogen-bond donors (Lipinski definition) is 2. The first kappa shape index (κ1) is 12.6. The molecule has 3 N–H and O–H groups in total. The quantitative estimate of drug-likeness (QED) is 0.595. The highest BCUT2D eigenvalue weighted by Crippen LogP contribution is 2.11. The van der Waals surface area contributed by atoms with Crippen LogP contribution in [0.1, 0.15) is 20.3 Å². The second-order valence-electron chi connectivity index (χ2n) is 4.20. The van der Waals surface area contributed by atoms with Crippen LogP contribution < -0.4 is 11.1 Å². The molecule has 0 aromatic carbocycles. The number of rotatable bonds is 3. The summed E-state index contributed by atoms with van der Waals surface area (Å²) in [6.45, 7) is 3.41. The third-order valence-corrected chi connectivity index (χ3v) is 2.90. The summed E-state index contributed by atoms with van der Waals surface area (Å²) in [5.74, 6) is -1.32. The minimum atomic E-state index is -0.730. The minimum absolute atomic E-state index is 0.0345. The number of carbonyl (C=O) groups is 3. The maximum absolute atomic E-state index is 11.6. The molecule has 0 spiro atoms. The standard InChI is InChI=1S/C10H17N3O3/c1-5(6(2)11)9(15)12-7-4-8(14)13(3)10(7)16/h5-7H,4,11H2,1-3H3,(H,12,15). The van der Waals surface area contributed by atoms with Crippen LogP contribution in [0.25, 0.3) is 0 Å². The molecular weight excluding hydrogens is 210 g/mol. The van der Waals surface area contributed by atoms with Gasteiger partial charge in [-0.15, -0.1) is 0 Å². The first-order chi connectivity index (χ1) is 7.34. The fraction of sp³-hybridized carbons (Fsp3) is 0.700. The van der Waals surface area contributed by atoms with Gasteiger partial charge in [0, 0.05) is 19.0 Å². The van der Waals surface area contributed by atoms with Crippen molar-refractivity contribution in [3.8, 4) is 0 Å². The van der Waals surface area contributed by atoms with Gasteiger partial charge >= 0.3 is 0 Å². The number of nitrogens with two attached hydrogens (primary N) is 1. The third-order valence-electron chi connectivity index (χ3n) is 2.90. The van der Waals surface area contributed by atoms with Crippen molar-refractivity contribution in [2.24, 2.45) is 11.7 Å². The van der Waals surface area contributed by atoms with Crippen LogP contribution in [-0.4, -0.2) is 41.8 Å². The molecule has 0 bridgehead atoms. The van der Waals surface area contributed by atoms with Crippen LogP contribution in [0.5, 0.6) is 0 Å². The zero-order valence-electron chi connectivity index (χ0n) is 9.69. The Morgan fingerprint density at radius 3 is 2.44 bits per heavy atom. The Balaban J connectivity index is 2.60. The summed E-state index contributed by atoms with van der Waals surface area (Å²) in [4.78, 5) is 35.4. The van der Waals surface area contributed by atoms with E-state index in [1.807, 2.05) is 0 Å². The zero-order valence-corrected chi connectivity index (χ0v) is 9.69. The topological polar surface area (TPSA) is 92.5 Å². The first-order valence-corrected chi connectivity index (χ1v) is 5.21. The Hall–Kier alpha value is -1.43. The van der Waals surface area contributed by atoms with E-state index in [4.69, 9.17) is 5.73 Å². The summed E-state index contributed by atoms with van der Waals surface area (Å²) in [6, 6.07) is -1.02. The van der Waals surface area contributed by atoms with Gasteiger partial charge in [-0.05, 0) is 6.92 Å². The van der Waals surface area contributed by atoms with Gasteiger partial charge < -0.3 is 11.1 Å². The number of imide groups is 1. The highest BCUT2D eigenvalue weighted by atomic mass is 16.2. The average molecular weight is 227 g/mol. The second kappa shape index (κ2) is 4.61. The maximum Gasteiger partial charge on any atom is 0.252 e. The molecule has 1 saturated heterocycles. The van der Waals surface area contributed by atoms with Crippen molar-refractivity contribution in [2.45, 2.75) is 32.4 Å². The molecule has 0 aromatic rings. The molecule has 6 nitrogen and oxygen atoms in total. The van der Waals surface area contributed by atoms with Crippen molar-refractivity contribution in [2.75, 3.05) is 7.05 Å². The van der Waals surface area contributed by atoms with Crippen molar-refractivity contribution in [1.82, 2.24) is 10.2 Å². The molecule has 0 radical (unpaired) electrons. The lowest BCUT2D eigenvalue weighted by molar-refractivity contribution is -0.138. The van der Waals surface area contributed by atoms with Crippen LogP contribution in [0.4, 0.5) is 0 Å². The van der Waals surface area contributed by atoms with Crippen LogP contribution in [0.15, 0.2) is 0 Å². The largest absolute Gasteiger partial charge is 0.343 e. The number of amides is 3. The van der Waals surface area contributed by atoms with Crippen LogP contribution in [0.2, 0.25) is 0 Å². The van der Waals surface area contributed by atoms with E-state index in [1.165, 1.54) is 7.05 Å². The molecular formula is C10H17N3O3. The second-order valence-corrected chi connectivity index (χ2v) is 4.20. The fourth-order valence-electron chi connectivity index (χ4n) is 1.41. The summed E-state index contributed by atoms with van der Waals surface area (Å²) in [5.41, 5.74) is 5.58. The van der Waals surface area contributed by atoms with Crippen molar-refractivity contribution in [1.29, 1.82) is 0 Å². The highest BCUT2D eigenvalue weighted by molar-refractivity contribution is 6.06. The number of likely N-dealkylation sites (tertiary alicyclic amines) is 1. The Morgan fingerprint density at radius 1 is 1.50 bits per heavy atom. The number of likely N-dealkylation sites (N-methyl/N-ethyl adjacent to an activating group) is 1. The molecule has 3 unspecified atom stereocenters. The summed E-state index contributed by atoms with van der Waals surface area (Å²) in [5, 5.41) is 2.54. The highest BCUT2D eigenvalue weighted by Gasteiger charge is 2.37. The van der Waals surface area contributed by atoms with Gasteiger partial charge in [-0.1, -0.05) is 6.92 Å². The molecule has 6 heteroatoms. The summed E-state index contributed by atoms with van der Waals surface area (Å²) in [6.07, 6.45) is 0.0345. The van der Waals surface area contributed by atoms with E-state index in [-0.39, 0.29) is 36.1 Å². The Morgan fingerprint density at radius 2 is 2.06 bits per heavy atom. The molecule has 3 amide bonds. The van der Waals surface area contributed by atoms with E-state index < -0.39 is 6.04 Å². The van der Waals surface area contributed by atoms with E-state index in [1.54, 1.807) is 13.8 Å². The zero-order chi connectivity index (χ0) is 12.5. The molecule has 1 aliphatic heterocycles. The SMILES string of the molecule is CC(N)C(C)C(=O)NC1CC(=O)N(C)C1=O. The summed E-state index contributed by atoms with van der Waals surface area (Å²) >= 11 is 0. The average Bonchev–Trinajstić information content (AvgIpc) is 2.45. The molecule has 1 heterocycles. The Bertz CT molecular complexity index is 327. The molecule has 1 fully saturated rings. The molecule has 1 rings (SSSR count). The predicted molar refractivity (Wildman–Crippen MR) is 57.1 cm³/mol. The molecule has 0 aliphatic carbocycles. The molecule has 16 heavy (non-hydrogen) atoms. The monoisotopic (exact) mass is 227 g/mol. The molecule has 1 aliphatic rings. The number of nitrogens with zero attached hydrogens (tertiary/aromatic N) is 1. The number of hydrogen-bond acceptors (Lipinski definition) is 4. The minimum Gasteiger partial charge on any atom is -0.343 e. The van der Waals surface area contributed by atoms with Crippen LogP contribution >= 0.6 is 0 Å². The normalized spacial score (nSPS) is 24.5. The van der Waals surface area contributed by atoms with E-state index in [0.29, 0.717) is 0 Å². The predicted octanol–water partition coefficient (Wildman–Crippen LogP) is -1.16. The van der Waals surface area contributed by atoms with Crippen molar-refractivity contribution < 1.29 is 14.4 Å². The van der Waals surface area contributed by atoms with E-state index in [2.05, 4.69) is 5.32 Å². The Labute approximate surface area is 94.2 Å². The number of carbonyl (C=O) groups excluding carboxylic acids is 3. The lowest BCUT2D eigenvalue weighted by Crippen LogP contribution is -2.46. The van der Waals surface area contributed by atoms with Crippen molar-refractivity contribution >= 4 is 17.7 Å². The van der Waals surface area contributed by atoms with Gasteiger partial charge in [0.2, 0.25) is 11.8 Å². The van der Waals surface area contributed by atoms with E-state index >= 15 is 0 Å². The fourth-order valence-corrected chi connectivity index (χ4v) is 1.41. The van der Waals surface area contributed by atoms with Gasteiger partial charge in [0.1, 0.15) is 6.04 Å². The lowest BCUT2D eigenvalue weighted by Gasteiger charge is -2.17. The van der Waals surface area contributed by atoms with Crippen molar-refractivity contribution in [3.63, 3.8) is 0 Å². The van der Waals surface area contributed by atoms with Crippen LogP contribution in [0, 0.1) is 5.92 Å². The maximum atomic E-state index is 11.6. The van der Waals surface area contributed by atoms with Gasteiger partial charge in [-0.3, -0.25) is 19.3 Å². The van der Waals surface area contributed by atoms with Crippen molar-refractivity contribution in [3.05, 3.63) is 0 Å². The van der Waals surface area contributed by atoms with Crippen LogP contribution in [0.3, 0.4) is 0 Å². The van der Waals surface area contributed by atoms with Gasteiger partial charge in [0.05, 0.1) is 6.42 Å². The molecule has 3 atom stereocenters. The first-order valence-electron chi connectivity index (χ1n) is 5.21. The molecule has 90 valence electrons. The van der Waals surface area contributed by atoms with Crippen LogP contribution in [-0.2, 0) is 14.4 Å².